The summed E-state index contributed by atoms with van der Waals surface area (Å²) in [6, 6.07) is 0.821. The molecule has 0 aromatic carbocycles. The van der Waals surface area contributed by atoms with Crippen LogP contribution in [0.1, 0.15) is 70.2 Å². The van der Waals surface area contributed by atoms with Crippen molar-refractivity contribution >= 4 is 29.9 Å². The van der Waals surface area contributed by atoms with Crippen LogP contribution in [0.25, 0.3) is 0 Å². The SMILES string of the molecule is CN=C(NCC1(N(C)C)CCCC(C)C1)NC1CCc2cn(C(C)C)nc2C1.I. The fraction of sp³-hybridized carbons (Fsp3) is 0.818. The van der Waals surface area contributed by atoms with E-state index in [1.54, 1.807) is 0 Å². The molecule has 166 valence electrons. The molecule has 0 bridgehead atoms. The molecule has 0 amide bonds. The number of halogens is 1. The maximum Gasteiger partial charge on any atom is 0.191 e. The van der Waals surface area contributed by atoms with Crippen LogP contribution in [0.15, 0.2) is 11.2 Å². The molecule has 3 unspecified atom stereocenters. The zero-order valence-corrected chi connectivity index (χ0v) is 21.5. The smallest absolute Gasteiger partial charge is 0.191 e. The van der Waals surface area contributed by atoms with Crippen LogP contribution in [0, 0.1) is 5.92 Å². The topological polar surface area (TPSA) is 57.5 Å². The average molecular weight is 517 g/mol. The van der Waals surface area contributed by atoms with Crippen molar-refractivity contribution in [2.75, 3.05) is 27.7 Å². The van der Waals surface area contributed by atoms with E-state index in [1.807, 2.05) is 7.05 Å². The Kier molecular flexibility index (Phi) is 8.82. The van der Waals surface area contributed by atoms with Gasteiger partial charge in [-0.25, -0.2) is 0 Å². The highest BCUT2D eigenvalue weighted by Gasteiger charge is 2.37. The van der Waals surface area contributed by atoms with Gasteiger partial charge in [0.15, 0.2) is 5.96 Å². The van der Waals surface area contributed by atoms with Crippen LogP contribution < -0.4 is 10.6 Å². The first kappa shape index (κ1) is 24.4. The molecule has 0 spiro atoms. The molecule has 3 rings (SSSR count). The number of likely N-dealkylation sites (N-methyl/N-ethyl adjacent to an activating group) is 1. The summed E-state index contributed by atoms with van der Waals surface area (Å²) in [4.78, 5) is 6.94. The number of aryl methyl sites for hydroxylation is 1. The Morgan fingerprint density at radius 1 is 1.38 bits per heavy atom. The van der Waals surface area contributed by atoms with Crippen LogP contribution in [0.4, 0.5) is 0 Å². The van der Waals surface area contributed by atoms with Crippen molar-refractivity contribution in [3.05, 3.63) is 17.5 Å². The third-order valence-corrected chi connectivity index (χ3v) is 6.79. The highest BCUT2D eigenvalue weighted by molar-refractivity contribution is 14.0. The van der Waals surface area contributed by atoms with Crippen LogP contribution in [0.2, 0.25) is 0 Å². The van der Waals surface area contributed by atoms with E-state index >= 15 is 0 Å². The summed E-state index contributed by atoms with van der Waals surface area (Å²) < 4.78 is 2.10. The fourth-order valence-corrected chi connectivity index (χ4v) is 4.89. The lowest BCUT2D eigenvalue weighted by atomic mass is 9.75. The summed E-state index contributed by atoms with van der Waals surface area (Å²) in [7, 11) is 6.33. The van der Waals surface area contributed by atoms with E-state index in [0.717, 1.165) is 37.7 Å². The molecule has 3 atom stereocenters. The number of aromatic nitrogens is 2. The first-order valence-electron chi connectivity index (χ1n) is 11.0. The van der Waals surface area contributed by atoms with Crippen molar-refractivity contribution in [2.24, 2.45) is 10.9 Å². The van der Waals surface area contributed by atoms with Crippen LogP contribution in [-0.2, 0) is 12.8 Å². The normalized spacial score (nSPS) is 27.5. The van der Waals surface area contributed by atoms with Crippen LogP contribution in [0.5, 0.6) is 0 Å². The lowest BCUT2D eigenvalue weighted by molar-refractivity contribution is 0.0795. The molecule has 1 fully saturated rings. The predicted molar refractivity (Wildman–Crippen MR) is 132 cm³/mol. The number of fused-ring (bicyclic) bond motifs is 1. The Bertz CT molecular complexity index is 683. The van der Waals surface area contributed by atoms with Gasteiger partial charge in [-0.1, -0.05) is 19.8 Å². The lowest BCUT2D eigenvalue weighted by Gasteiger charge is -2.45. The second-order valence-corrected chi connectivity index (χ2v) is 9.50. The maximum absolute atomic E-state index is 4.81. The number of aliphatic imine (C=N–C) groups is 1. The molecule has 2 aliphatic carbocycles. The number of nitrogens with zero attached hydrogens (tertiary/aromatic N) is 4. The third-order valence-electron chi connectivity index (χ3n) is 6.79. The highest BCUT2D eigenvalue weighted by Crippen LogP contribution is 2.35. The highest BCUT2D eigenvalue weighted by atomic mass is 127. The van der Waals surface area contributed by atoms with Crippen molar-refractivity contribution < 1.29 is 0 Å². The molecular formula is C22H41IN6. The number of hydrogen-bond acceptors (Lipinski definition) is 3. The van der Waals surface area contributed by atoms with Crippen LogP contribution in [-0.4, -0.2) is 59.9 Å². The molecule has 0 saturated heterocycles. The molecule has 1 saturated carbocycles. The molecule has 0 aliphatic heterocycles. The second kappa shape index (κ2) is 10.5. The van der Waals surface area contributed by atoms with Crippen molar-refractivity contribution in [1.29, 1.82) is 0 Å². The van der Waals surface area contributed by atoms with Gasteiger partial charge in [-0.05, 0) is 65.1 Å². The van der Waals surface area contributed by atoms with E-state index in [-0.39, 0.29) is 29.5 Å². The Morgan fingerprint density at radius 3 is 2.76 bits per heavy atom. The molecule has 29 heavy (non-hydrogen) atoms. The summed E-state index contributed by atoms with van der Waals surface area (Å²) >= 11 is 0. The van der Waals surface area contributed by atoms with Crippen molar-refractivity contribution in [1.82, 2.24) is 25.3 Å². The van der Waals surface area contributed by atoms with Crippen LogP contribution >= 0.6 is 24.0 Å². The van der Waals surface area contributed by atoms with Gasteiger partial charge >= 0.3 is 0 Å². The van der Waals surface area contributed by atoms with Gasteiger partial charge in [0.2, 0.25) is 0 Å². The van der Waals surface area contributed by atoms with E-state index in [9.17, 15) is 0 Å². The maximum atomic E-state index is 4.81. The van der Waals surface area contributed by atoms with Crippen LogP contribution in [0.3, 0.4) is 0 Å². The molecule has 1 aromatic rings. The Morgan fingerprint density at radius 2 is 2.14 bits per heavy atom. The van der Waals surface area contributed by atoms with Gasteiger partial charge in [0.25, 0.3) is 0 Å². The largest absolute Gasteiger partial charge is 0.355 e. The first-order chi connectivity index (χ1) is 13.3. The minimum absolute atomic E-state index is 0. The molecule has 7 heteroatoms. The van der Waals surface area contributed by atoms with Gasteiger partial charge in [0, 0.05) is 43.8 Å². The zero-order valence-electron chi connectivity index (χ0n) is 19.2. The van der Waals surface area contributed by atoms with E-state index in [4.69, 9.17) is 5.10 Å². The quantitative estimate of drug-likeness (QED) is 0.357. The van der Waals surface area contributed by atoms with Gasteiger partial charge in [0.1, 0.15) is 0 Å². The standard InChI is InChI=1S/C22H40N6.HI/c1-16(2)28-14-18-9-10-19(12-20(18)26-28)25-21(23-4)24-15-22(27(5)6)11-7-8-17(3)13-22;/h14,16-17,19H,7-13,15H2,1-6H3,(H2,23,24,25);1H. The minimum atomic E-state index is 0. The van der Waals surface area contributed by atoms with Gasteiger partial charge in [-0.3, -0.25) is 9.67 Å². The predicted octanol–water partition coefficient (Wildman–Crippen LogP) is 3.61. The van der Waals surface area contributed by atoms with Gasteiger partial charge < -0.3 is 15.5 Å². The minimum Gasteiger partial charge on any atom is -0.355 e. The Labute approximate surface area is 194 Å². The summed E-state index contributed by atoms with van der Waals surface area (Å²) in [6.07, 6.45) is 10.6. The summed E-state index contributed by atoms with van der Waals surface area (Å²) in [5, 5.41) is 12.1. The Balaban J connectivity index is 0.00000300. The zero-order chi connectivity index (χ0) is 20.3. The first-order valence-corrected chi connectivity index (χ1v) is 11.0. The average Bonchev–Trinajstić information content (AvgIpc) is 3.08. The number of nitrogens with one attached hydrogen (secondary N) is 2. The molecule has 1 heterocycles. The monoisotopic (exact) mass is 516 g/mol. The van der Waals surface area contributed by atoms with Crippen molar-refractivity contribution in [3.8, 4) is 0 Å². The summed E-state index contributed by atoms with van der Waals surface area (Å²) in [6.45, 7) is 7.71. The van der Waals surface area contributed by atoms with Gasteiger partial charge in [-0.15, -0.1) is 24.0 Å². The number of rotatable bonds is 5. The van der Waals surface area contributed by atoms with E-state index in [2.05, 4.69) is 66.3 Å². The third kappa shape index (κ3) is 5.87. The van der Waals surface area contributed by atoms with E-state index in [0.29, 0.717) is 12.1 Å². The number of hydrogen-bond donors (Lipinski definition) is 2. The van der Waals surface area contributed by atoms with E-state index in [1.165, 1.54) is 36.9 Å². The molecule has 2 N–H and O–H groups in total. The van der Waals surface area contributed by atoms with Crippen molar-refractivity contribution in [2.45, 2.75) is 83.3 Å². The molecule has 0 radical (unpaired) electrons. The van der Waals surface area contributed by atoms with Crippen molar-refractivity contribution in [3.63, 3.8) is 0 Å². The fourth-order valence-electron chi connectivity index (χ4n) is 4.89. The van der Waals surface area contributed by atoms with E-state index < -0.39 is 0 Å². The summed E-state index contributed by atoms with van der Waals surface area (Å²) in [5.74, 6) is 1.72. The number of guanidine groups is 1. The summed E-state index contributed by atoms with van der Waals surface area (Å²) in [5.41, 5.74) is 2.89. The van der Waals surface area contributed by atoms with Gasteiger partial charge in [0.05, 0.1) is 5.69 Å². The molecule has 1 aromatic heterocycles. The van der Waals surface area contributed by atoms with Gasteiger partial charge in [-0.2, -0.15) is 5.10 Å². The second-order valence-electron chi connectivity index (χ2n) is 9.50. The lowest BCUT2D eigenvalue weighted by Crippen LogP contribution is -2.57. The molecule has 2 aliphatic rings. The molecular weight excluding hydrogens is 475 g/mol. The molecule has 6 nitrogen and oxygen atoms in total. The Hall–Kier alpha value is -0.830.